The molecular formula is C19H25FIN3O. The summed E-state index contributed by atoms with van der Waals surface area (Å²) in [5.74, 6) is 0.397. The molecule has 2 aromatic rings. The quantitative estimate of drug-likeness (QED) is 0.355. The lowest BCUT2D eigenvalue weighted by Crippen LogP contribution is -2.39. The number of aliphatic imine (C=N–C) groups is 1. The highest BCUT2D eigenvalue weighted by Gasteiger charge is 2.10. The van der Waals surface area contributed by atoms with E-state index in [9.17, 15) is 9.50 Å². The van der Waals surface area contributed by atoms with Crippen molar-refractivity contribution in [1.29, 1.82) is 0 Å². The molecule has 0 radical (unpaired) electrons. The van der Waals surface area contributed by atoms with Gasteiger partial charge in [0, 0.05) is 26.1 Å². The third kappa shape index (κ3) is 6.62. The summed E-state index contributed by atoms with van der Waals surface area (Å²) in [7, 11) is 1.68. The van der Waals surface area contributed by atoms with E-state index in [0.717, 1.165) is 11.1 Å². The minimum atomic E-state index is -0.207. The predicted octanol–water partition coefficient (Wildman–Crippen LogP) is 3.19. The number of aliphatic hydroxyl groups is 1. The maximum atomic E-state index is 13.6. The van der Waals surface area contributed by atoms with Crippen molar-refractivity contribution < 1.29 is 9.50 Å². The zero-order chi connectivity index (χ0) is 17.4. The highest BCUT2D eigenvalue weighted by molar-refractivity contribution is 14.0. The Balaban J connectivity index is 0.00000312. The standard InChI is InChI=1S/C19H24FN3O.HI/c1-14-8-9-15(10-18(14)20)11-22-19(21-2)23-12-17(13-24)16-6-4-3-5-7-16;/h3-10,17,24H,11-13H2,1-2H3,(H2,21,22,23);1H. The average molecular weight is 457 g/mol. The molecule has 1 unspecified atom stereocenters. The normalized spacial score (nSPS) is 12.2. The molecule has 0 aliphatic carbocycles. The predicted molar refractivity (Wildman–Crippen MR) is 111 cm³/mol. The van der Waals surface area contributed by atoms with Crippen molar-refractivity contribution in [3.8, 4) is 0 Å². The lowest BCUT2D eigenvalue weighted by Gasteiger charge is -2.18. The minimum Gasteiger partial charge on any atom is -0.396 e. The Hall–Kier alpha value is -1.67. The van der Waals surface area contributed by atoms with E-state index in [1.165, 1.54) is 6.07 Å². The van der Waals surface area contributed by atoms with Crippen molar-refractivity contribution in [2.24, 2.45) is 4.99 Å². The summed E-state index contributed by atoms with van der Waals surface area (Å²) in [4.78, 5) is 4.16. The molecule has 0 aliphatic heterocycles. The molecule has 0 aliphatic rings. The van der Waals surface area contributed by atoms with E-state index < -0.39 is 0 Å². The summed E-state index contributed by atoms with van der Waals surface area (Å²) in [6.07, 6.45) is 0. The first kappa shape index (κ1) is 21.4. The highest BCUT2D eigenvalue weighted by atomic mass is 127. The molecule has 0 fully saturated rings. The van der Waals surface area contributed by atoms with Crippen molar-refractivity contribution >= 4 is 29.9 Å². The Labute approximate surface area is 165 Å². The monoisotopic (exact) mass is 457 g/mol. The minimum absolute atomic E-state index is 0. The Kier molecular flexibility index (Phi) is 9.44. The first-order chi connectivity index (χ1) is 11.6. The number of aryl methyl sites for hydroxylation is 1. The van der Waals surface area contributed by atoms with Crippen LogP contribution >= 0.6 is 24.0 Å². The van der Waals surface area contributed by atoms with Gasteiger partial charge in [0.05, 0.1) is 6.61 Å². The number of rotatable bonds is 6. The number of nitrogens with zero attached hydrogens (tertiary/aromatic N) is 1. The second kappa shape index (κ2) is 11.0. The van der Waals surface area contributed by atoms with Crippen LogP contribution in [0, 0.1) is 12.7 Å². The van der Waals surface area contributed by atoms with Crippen LogP contribution in [0.25, 0.3) is 0 Å². The van der Waals surface area contributed by atoms with Crippen LogP contribution in [-0.4, -0.2) is 31.3 Å². The number of nitrogens with one attached hydrogen (secondary N) is 2. The SMILES string of the molecule is CN=C(NCc1ccc(C)c(F)c1)NCC(CO)c1ccccc1.I. The fourth-order valence-corrected chi connectivity index (χ4v) is 2.39. The largest absolute Gasteiger partial charge is 0.396 e. The third-order valence-electron chi connectivity index (χ3n) is 3.93. The number of guanidine groups is 1. The molecule has 0 heterocycles. The van der Waals surface area contributed by atoms with Crippen molar-refractivity contribution in [3.05, 3.63) is 71.0 Å². The smallest absolute Gasteiger partial charge is 0.191 e. The number of aliphatic hydroxyl groups excluding tert-OH is 1. The molecule has 0 bridgehead atoms. The average Bonchev–Trinajstić information content (AvgIpc) is 2.62. The van der Waals surface area contributed by atoms with Crippen LogP contribution in [0.15, 0.2) is 53.5 Å². The van der Waals surface area contributed by atoms with Crippen molar-refractivity contribution in [3.63, 3.8) is 0 Å². The lowest BCUT2D eigenvalue weighted by molar-refractivity contribution is 0.265. The number of halogens is 2. The zero-order valence-corrected chi connectivity index (χ0v) is 16.8. The third-order valence-corrected chi connectivity index (χ3v) is 3.93. The van der Waals surface area contributed by atoms with E-state index >= 15 is 0 Å². The summed E-state index contributed by atoms with van der Waals surface area (Å²) in [6, 6.07) is 15.0. The Bertz CT molecular complexity index is 680. The van der Waals surface area contributed by atoms with Gasteiger partial charge in [-0.1, -0.05) is 42.5 Å². The fourth-order valence-electron chi connectivity index (χ4n) is 2.39. The molecule has 2 aromatic carbocycles. The molecule has 0 amide bonds. The topological polar surface area (TPSA) is 56.7 Å². The van der Waals surface area contributed by atoms with Gasteiger partial charge in [0.15, 0.2) is 5.96 Å². The molecule has 1 atom stereocenters. The summed E-state index contributed by atoms with van der Waals surface area (Å²) < 4.78 is 13.6. The maximum absolute atomic E-state index is 13.6. The Morgan fingerprint density at radius 1 is 1.16 bits per heavy atom. The first-order valence-corrected chi connectivity index (χ1v) is 7.99. The number of hydrogen-bond acceptors (Lipinski definition) is 2. The lowest BCUT2D eigenvalue weighted by atomic mass is 10.0. The van der Waals surface area contributed by atoms with Gasteiger partial charge in [0.1, 0.15) is 5.82 Å². The van der Waals surface area contributed by atoms with E-state index in [1.807, 2.05) is 36.4 Å². The van der Waals surface area contributed by atoms with Crippen LogP contribution < -0.4 is 10.6 Å². The van der Waals surface area contributed by atoms with Crippen LogP contribution in [-0.2, 0) is 6.54 Å². The maximum Gasteiger partial charge on any atom is 0.191 e. The van der Waals surface area contributed by atoms with Gasteiger partial charge in [0.25, 0.3) is 0 Å². The van der Waals surface area contributed by atoms with Gasteiger partial charge in [-0.2, -0.15) is 0 Å². The van der Waals surface area contributed by atoms with Gasteiger partial charge >= 0.3 is 0 Å². The van der Waals surface area contributed by atoms with Gasteiger partial charge in [-0.05, 0) is 29.7 Å². The van der Waals surface area contributed by atoms with Crippen molar-refractivity contribution in [2.45, 2.75) is 19.4 Å². The van der Waals surface area contributed by atoms with Crippen molar-refractivity contribution in [2.75, 3.05) is 20.2 Å². The Morgan fingerprint density at radius 2 is 1.88 bits per heavy atom. The molecule has 6 heteroatoms. The molecular weight excluding hydrogens is 432 g/mol. The van der Waals surface area contributed by atoms with Crippen LogP contribution in [0.1, 0.15) is 22.6 Å². The Morgan fingerprint density at radius 3 is 2.48 bits per heavy atom. The van der Waals surface area contributed by atoms with Gasteiger partial charge in [-0.3, -0.25) is 4.99 Å². The number of hydrogen-bond donors (Lipinski definition) is 3. The number of benzene rings is 2. The van der Waals surface area contributed by atoms with Gasteiger partial charge in [0.2, 0.25) is 0 Å². The van der Waals surface area contributed by atoms with Crippen molar-refractivity contribution in [1.82, 2.24) is 10.6 Å². The molecule has 0 spiro atoms. The summed E-state index contributed by atoms with van der Waals surface area (Å²) in [5.41, 5.74) is 2.56. The second-order valence-corrected chi connectivity index (χ2v) is 5.68. The molecule has 25 heavy (non-hydrogen) atoms. The summed E-state index contributed by atoms with van der Waals surface area (Å²) in [6.45, 7) is 2.83. The highest BCUT2D eigenvalue weighted by Crippen LogP contribution is 2.13. The molecule has 0 saturated carbocycles. The van der Waals surface area contributed by atoms with Crippen LogP contribution in [0.3, 0.4) is 0 Å². The van der Waals surface area contributed by atoms with Crippen LogP contribution in [0.2, 0.25) is 0 Å². The molecule has 4 nitrogen and oxygen atoms in total. The van der Waals surface area contributed by atoms with E-state index in [1.54, 1.807) is 20.0 Å². The molecule has 3 N–H and O–H groups in total. The molecule has 0 aromatic heterocycles. The van der Waals surface area contributed by atoms with Gasteiger partial charge in [-0.25, -0.2) is 4.39 Å². The van der Waals surface area contributed by atoms with Gasteiger partial charge < -0.3 is 15.7 Å². The van der Waals surface area contributed by atoms with E-state index in [4.69, 9.17) is 0 Å². The van der Waals surface area contributed by atoms with E-state index in [2.05, 4.69) is 15.6 Å². The van der Waals surface area contributed by atoms with Crippen LogP contribution in [0.5, 0.6) is 0 Å². The van der Waals surface area contributed by atoms with E-state index in [0.29, 0.717) is 24.6 Å². The molecule has 2 rings (SSSR count). The van der Waals surface area contributed by atoms with E-state index in [-0.39, 0.29) is 42.3 Å². The molecule has 136 valence electrons. The molecule has 0 saturated heterocycles. The summed E-state index contributed by atoms with van der Waals surface area (Å²) in [5, 5.41) is 15.9. The summed E-state index contributed by atoms with van der Waals surface area (Å²) >= 11 is 0. The zero-order valence-electron chi connectivity index (χ0n) is 14.5. The van der Waals surface area contributed by atoms with Crippen LogP contribution in [0.4, 0.5) is 4.39 Å². The second-order valence-electron chi connectivity index (χ2n) is 5.68. The van der Waals surface area contributed by atoms with Gasteiger partial charge in [-0.15, -0.1) is 24.0 Å². The first-order valence-electron chi connectivity index (χ1n) is 7.99. The fraction of sp³-hybridized carbons (Fsp3) is 0.316.